The van der Waals surface area contributed by atoms with Crippen molar-refractivity contribution >= 4 is 29.2 Å². The van der Waals surface area contributed by atoms with E-state index < -0.39 is 5.97 Å². The number of carbonyl (C=O) groups excluding carboxylic acids is 2. The number of aromatic carboxylic acids is 1. The molecule has 0 aliphatic carbocycles. The van der Waals surface area contributed by atoms with Gasteiger partial charge < -0.3 is 20.1 Å². The Morgan fingerprint density at radius 1 is 1.15 bits per heavy atom. The zero-order chi connectivity index (χ0) is 19.6. The van der Waals surface area contributed by atoms with Gasteiger partial charge in [-0.3, -0.25) is 9.59 Å². The molecule has 1 aliphatic heterocycles. The summed E-state index contributed by atoms with van der Waals surface area (Å²) in [5.74, 6) is -1.45. The van der Waals surface area contributed by atoms with Crippen molar-refractivity contribution < 1.29 is 24.2 Å². The van der Waals surface area contributed by atoms with Crippen molar-refractivity contribution in [1.29, 1.82) is 0 Å². The van der Waals surface area contributed by atoms with Gasteiger partial charge in [-0.05, 0) is 53.9 Å². The van der Waals surface area contributed by atoms with Crippen LogP contribution in [-0.4, -0.2) is 36.5 Å². The number of nitrogens with one attached hydrogen (secondary N) is 1. The molecule has 0 fully saturated rings. The summed E-state index contributed by atoms with van der Waals surface area (Å²) in [7, 11) is 1.51. The number of methoxy groups -OCH3 is 1. The number of fused-ring (bicyclic) bond motifs is 1. The summed E-state index contributed by atoms with van der Waals surface area (Å²) >= 11 is 0. The molecule has 27 heavy (non-hydrogen) atoms. The summed E-state index contributed by atoms with van der Waals surface area (Å²) < 4.78 is 5.05. The van der Waals surface area contributed by atoms with Gasteiger partial charge in [0.2, 0.25) is 5.91 Å². The number of carboxylic acid groups (broad SMARTS) is 1. The SMILES string of the molecule is COCc1cc(NC(=O)c2ccc3c(c2)CCN3C(C)=O)cc(C(=O)O)c1. The Morgan fingerprint density at radius 3 is 2.59 bits per heavy atom. The molecule has 2 aromatic carbocycles. The third-order valence-electron chi connectivity index (χ3n) is 4.43. The topological polar surface area (TPSA) is 95.9 Å². The first-order valence-electron chi connectivity index (χ1n) is 8.47. The Balaban J connectivity index is 1.84. The molecule has 2 amide bonds. The average molecular weight is 368 g/mol. The van der Waals surface area contributed by atoms with Crippen LogP contribution in [0.2, 0.25) is 0 Å². The number of carboxylic acids is 1. The number of anilines is 2. The molecular formula is C20H20N2O5. The van der Waals surface area contributed by atoms with Gasteiger partial charge in [-0.2, -0.15) is 0 Å². The Labute approximate surface area is 156 Å². The lowest BCUT2D eigenvalue weighted by atomic mass is 10.1. The lowest BCUT2D eigenvalue weighted by molar-refractivity contribution is -0.116. The fraction of sp³-hybridized carbons (Fsp3) is 0.250. The number of rotatable bonds is 5. The molecule has 0 spiro atoms. The van der Waals surface area contributed by atoms with Crippen LogP contribution >= 0.6 is 0 Å². The maximum absolute atomic E-state index is 12.6. The normalized spacial score (nSPS) is 12.6. The molecule has 7 heteroatoms. The molecule has 2 N–H and O–H groups in total. The predicted octanol–water partition coefficient (Wildman–Crippen LogP) is 2.69. The van der Waals surface area contributed by atoms with Crippen LogP contribution < -0.4 is 10.2 Å². The number of benzene rings is 2. The van der Waals surface area contributed by atoms with Crippen LogP contribution in [0.5, 0.6) is 0 Å². The van der Waals surface area contributed by atoms with Gasteiger partial charge in [0.05, 0.1) is 12.2 Å². The van der Waals surface area contributed by atoms with Gasteiger partial charge in [-0.1, -0.05) is 0 Å². The highest BCUT2D eigenvalue weighted by Gasteiger charge is 2.23. The van der Waals surface area contributed by atoms with Crippen molar-refractivity contribution in [3.63, 3.8) is 0 Å². The first-order chi connectivity index (χ1) is 12.9. The summed E-state index contributed by atoms with van der Waals surface area (Å²) in [6.07, 6.45) is 0.697. The lowest BCUT2D eigenvalue weighted by Gasteiger charge is -2.15. The monoisotopic (exact) mass is 368 g/mol. The van der Waals surface area contributed by atoms with Crippen LogP contribution in [0.1, 0.15) is 38.8 Å². The first-order valence-corrected chi connectivity index (χ1v) is 8.47. The van der Waals surface area contributed by atoms with E-state index in [0.29, 0.717) is 29.8 Å². The van der Waals surface area contributed by atoms with Gasteiger partial charge in [0.15, 0.2) is 0 Å². The van der Waals surface area contributed by atoms with Gasteiger partial charge in [0, 0.05) is 37.5 Å². The van der Waals surface area contributed by atoms with E-state index in [0.717, 1.165) is 11.3 Å². The zero-order valence-corrected chi connectivity index (χ0v) is 15.1. The summed E-state index contributed by atoms with van der Waals surface area (Å²) in [4.78, 5) is 37.2. The number of nitrogens with zero attached hydrogens (tertiary/aromatic N) is 1. The molecule has 0 aromatic heterocycles. The number of ether oxygens (including phenoxy) is 1. The van der Waals surface area contributed by atoms with Crippen LogP contribution in [0.15, 0.2) is 36.4 Å². The molecule has 0 unspecified atom stereocenters. The standard InChI is InChI=1S/C20H20N2O5/c1-12(23)22-6-5-14-9-15(3-4-18(14)22)19(24)21-17-8-13(11-27-2)7-16(10-17)20(25)26/h3-4,7-10H,5-6,11H2,1-2H3,(H,21,24)(H,25,26). The molecule has 0 bridgehead atoms. The lowest BCUT2D eigenvalue weighted by Crippen LogP contribution is -2.25. The van der Waals surface area contributed by atoms with Gasteiger partial charge in [-0.25, -0.2) is 4.79 Å². The Kier molecular flexibility index (Phi) is 5.23. The molecule has 1 heterocycles. The van der Waals surface area contributed by atoms with Gasteiger partial charge in [0.25, 0.3) is 5.91 Å². The summed E-state index contributed by atoms with van der Waals surface area (Å²) in [5.41, 5.74) is 3.34. The maximum atomic E-state index is 12.6. The Hall–Kier alpha value is -3.19. The molecule has 1 aliphatic rings. The number of carbonyl (C=O) groups is 3. The van der Waals surface area contributed by atoms with E-state index in [1.165, 1.54) is 26.2 Å². The predicted molar refractivity (Wildman–Crippen MR) is 100 cm³/mol. The van der Waals surface area contributed by atoms with E-state index in [9.17, 15) is 19.5 Å². The van der Waals surface area contributed by atoms with Crippen molar-refractivity contribution in [2.45, 2.75) is 20.0 Å². The van der Waals surface area contributed by atoms with Crippen molar-refractivity contribution in [3.8, 4) is 0 Å². The van der Waals surface area contributed by atoms with E-state index in [1.807, 2.05) is 0 Å². The third-order valence-corrected chi connectivity index (χ3v) is 4.43. The summed E-state index contributed by atoms with van der Waals surface area (Å²) in [5, 5.41) is 12.0. The molecule has 0 atom stereocenters. The highest BCUT2D eigenvalue weighted by atomic mass is 16.5. The highest BCUT2D eigenvalue weighted by Crippen LogP contribution is 2.29. The molecule has 0 saturated carbocycles. The average Bonchev–Trinajstić information content (AvgIpc) is 3.05. The van der Waals surface area contributed by atoms with E-state index in [4.69, 9.17) is 4.74 Å². The first kappa shape index (κ1) is 18.6. The smallest absolute Gasteiger partial charge is 0.335 e. The summed E-state index contributed by atoms with van der Waals surface area (Å²) in [6.45, 7) is 2.36. The Morgan fingerprint density at radius 2 is 1.93 bits per heavy atom. The molecule has 140 valence electrons. The third kappa shape index (κ3) is 3.98. The maximum Gasteiger partial charge on any atom is 0.335 e. The van der Waals surface area contributed by atoms with E-state index in [1.54, 1.807) is 29.2 Å². The minimum absolute atomic E-state index is 0.0258. The van der Waals surface area contributed by atoms with E-state index in [2.05, 4.69) is 5.32 Å². The second-order valence-electron chi connectivity index (χ2n) is 6.38. The largest absolute Gasteiger partial charge is 0.478 e. The molecule has 0 saturated heterocycles. The van der Waals surface area contributed by atoms with Crippen LogP contribution in [0.3, 0.4) is 0 Å². The van der Waals surface area contributed by atoms with E-state index >= 15 is 0 Å². The number of amides is 2. The Bertz CT molecular complexity index is 923. The minimum atomic E-state index is -1.08. The second-order valence-corrected chi connectivity index (χ2v) is 6.38. The highest BCUT2D eigenvalue weighted by molar-refractivity contribution is 6.06. The summed E-state index contributed by atoms with van der Waals surface area (Å²) in [6, 6.07) is 9.79. The molecule has 7 nitrogen and oxygen atoms in total. The number of hydrogen-bond donors (Lipinski definition) is 2. The van der Waals surface area contributed by atoms with Crippen molar-refractivity contribution in [2.75, 3.05) is 23.9 Å². The van der Waals surface area contributed by atoms with Crippen LogP contribution in [0.25, 0.3) is 0 Å². The van der Waals surface area contributed by atoms with Crippen LogP contribution in [0, 0.1) is 0 Å². The van der Waals surface area contributed by atoms with Crippen LogP contribution in [-0.2, 0) is 22.6 Å². The fourth-order valence-electron chi connectivity index (χ4n) is 3.21. The van der Waals surface area contributed by atoms with Gasteiger partial charge in [-0.15, -0.1) is 0 Å². The van der Waals surface area contributed by atoms with E-state index in [-0.39, 0.29) is 24.0 Å². The van der Waals surface area contributed by atoms with Gasteiger partial charge in [0.1, 0.15) is 0 Å². The minimum Gasteiger partial charge on any atom is -0.478 e. The van der Waals surface area contributed by atoms with Crippen molar-refractivity contribution in [1.82, 2.24) is 0 Å². The molecule has 2 aromatic rings. The molecule has 0 radical (unpaired) electrons. The second kappa shape index (κ2) is 7.59. The number of hydrogen-bond acceptors (Lipinski definition) is 4. The van der Waals surface area contributed by atoms with Crippen molar-refractivity contribution in [3.05, 3.63) is 58.7 Å². The molecule has 3 rings (SSSR count). The molecular weight excluding hydrogens is 348 g/mol. The quantitative estimate of drug-likeness (QED) is 0.846. The van der Waals surface area contributed by atoms with Crippen LogP contribution in [0.4, 0.5) is 11.4 Å². The van der Waals surface area contributed by atoms with Crippen molar-refractivity contribution in [2.24, 2.45) is 0 Å². The van der Waals surface area contributed by atoms with Gasteiger partial charge >= 0.3 is 5.97 Å². The fourth-order valence-corrected chi connectivity index (χ4v) is 3.21. The zero-order valence-electron chi connectivity index (χ0n) is 15.1.